The number of aliphatic hydroxyl groups excluding tert-OH is 1. The van der Waals surface area contributed by atoms with Crippen LogP contribution in [0.25, 0.3) is 0 Å². The minimum absolute atomic E-state index is 0.00796. The molecule has 106 valence electrons. The predicted octanol–water partition coefficient (Wildman–Crippen LogP) is 1.95. The molecule has 1 saturated heterocycles. The van der Waals surface area contributed by atoms with Gasteiger partial charge < -0.3 is 10.0 Å². The first-order valence-electron chi connectivity index (χ1n) is 7.85. The standard InChI is InChI=1S/C15H30N2O/c1-3-13(2)17-11-9-16(10-12-17)8-7-14-5-4-6-15(14)18/h13-15,18H,3-12H2,1-2H3. The molecule has 3 heteroatoms. The lowest BCUT2D eigenvalue weighted by Crippen LogP contribution is -2.49. The molecular weight excluding hydrogens is 224 g/mol. The molecule has 0 aromatic carbocycles. The van der Waals surface area contributed by atoms with Crippen LogP contribution < -0.4 is 0 Å². The van der Waals surface area contributed by atoms with Crippen LogP contribution in [0.4, 0.5) is 0 Å². The van der Waals surface area contributed by atoms with Crippen LogP contribution in [0.3, 0.4) is 0 Å². The maximum atomic E-state index is 9.84. The van der Waals surface area contributed by atoms with Crippen LogP contribution in [0, 0.1) is 5.92 Å². The first kappa shape index (κ1) is 14.3. The average molecular weight is 254 g/mol. The Morgan fingerprint density at radius 1 is 1.17 bits per heavy atom. The van der Waals surface area contributed by atoms with Crippen molar-refractivity contribution in [2.24, 2.45) is 5.92 Å². The summed E-state index contributed by atoms with van der Waals surface area (Å²) >= 11 is 0. The molecule has 0 spiro atoms. The van der Waals surface area contributed by atoms with Crippen molar-refractivity contribution in [1.82, 2.24) is 9.80 Å². The van der Waals surface area contributed by atoms with Gasteiger partial charge in [0.25, 0.3) is 0 Å². The van der Waals surface area contributed by atoms with Crippen molar-refractivity contribution in [1.29, 1.82) is 0 Å². The zero-order valence-corrected chi connectivity index (χ0v) is 12.1. The van der Waals surface area contributed by atoms with E-state index in [1.807, 2.05) is 0 Å². The normalized spacial score (nSPS) is 32.8. The van der Waals surface area contributed by atoms with E-state index in [4.69, 9.17) is 0 Å². The molecule has 0 bridgehead atoms. The third kappa shape index (κ3) is 3.69. The summed E-state index contributed by atoms with van der Waals surface area (Å²) < 4.78 is 0. The highest BCUT2D eigenvalue weighted by atomic mass is 16.3. The molecular formula is C15H30N2O. The van der Waals surface area contributed by atoms with Gasteiger partial charge in [-0.25, -0.2) is 0 Å². The molecule has 3 unspecified atom stereocenters. The van der Waals surface area contributed by atoms with E-state index in [1.54, 1.807) is 0 Å². The number of hydrogen-bond donors (Lipinski definition) is 1. The average Bonchev–Trinajstić information content (AvgIpc) is 2.81. The predicted molar refractivity (Wildman–Crippen MR) is 75.7 cm³/mol. The molecule has 0 radical (unpaired) electrons. The molecule has 18 heavy (non-hydrogen) atoms. The van der Waals surface area contributed by atoms with Gasteiger partial charge in [0.1, 0.15) is 0 Å². The van der Waals surface area contributed by atoms with Gasteiger partial charge in [-0.2, -0.15) is 0 Å². The smallest absolute Gasteiger partial charge is 0.0568 e. The lowest BCUT2D eigenvalue weighted by Gasteiger charge is -2.38. The quantitative estimate of drug-likeness (QED) is 0.812. The van der Waals surface area contributed by atoms with Gasteiger partial charge in [-0.3, -0.25) is 4.90 Å². The van der Waals surface area contributed by atoms with E-state index in [0.29, 0.717) is 5.92 Å². The van der Waals surface area contributed by atoms with E-state index in [2.05, 4.69) is 23.6 Å². The number of aliphatic hydroxyl groups is 1. The Balaban J connectivity index is 1.64. The molecule has 1 heterocycles. The van der Waals surface area contributed by atoms with Crippen LogP contribution in [0.15, 0.2) is 0 Å². The van der Waals surface area contributed by atoms with E-state index in [-0.39, 0.29) is 6.10 Å². The summed E-state index contributed by atoms with van der Waals surface area (Å²) in [6.07, 6.45) is 5.96. The zero-order chi connectivity index (χ0) is 13.0. The van der Waals surface area contributed by atoms with Gasteiger partial charge in [0, 0.05) is 32.2 Å². The maximum Gasteiger partial charge on any atom is 0.0568 e. The molecule has 1 aliphatic heterocycles. The van der Waals surface area contributed by atoms with Crippen LogP contribution >= 0.6 is 0 Å². The fourth-order valence-corrected chi connectivity index (χ4v) is 3.39. The number of piperazine rings is 1. The summed E-state index contributed by atoms with van der Waals surface area (Å²) in [6.45, 7) is 10.7. The summed E-state index contributed by atoms with van der Waals surface area (Å²) in [4.78, 5) is 5.20. The van der Waals surface area contributed by atoms with E-state index in [0.717, 1.165) is 12.5 Å². The van der Waals surface area contributed by atoms with Gasteiger partial charge in [0.05, 0.1) is 6.10 Å². The number of nitrogens with zero attached hydrogens (tertiary/aromatic N) is 2. The van der Waals surface area contributed by atoms with Crippen LogP contribution in [0.5, 0.6) is 0 Å². The second-order valence-electron chi connectivity index (χ2n) is 6.18. The second kappa shape index (κ2) is 6.88. The largest absolute Gasteiger partial charge is 0.393 e. The molecule has 3 atom stereocenters. The van der Waals surface area contributed by atoms with E-state index >= 15 is 0 Å². The Labute approximate surface area is 112 Å². The van der Waals surface area contributed by atoms with Crippen molar-refractivity contribution in [2.75, 3.05) is 32.7 Å². The van der Waals surface area contributed by atoms with Crippen molar-refractivity contribution in [3.63, 3.8) is 0 Å². The molecule has 1 aliphatic carbocycles. The molecule has 1 saturated carbocycles. The third-order valence-corrected chi connectivity index (χ3v) is 5.06. The first-order chi connectivity index (χ1) is 8.70. The van der Waals surface area contributed by atoms with Gasteiger partial charge in [0.2, 0.25) is 0 Å². The summed E-state index contributed by atoms with van der Waals surface area (Å²) in [6, 6.07) is 0.740. The fourth-order valence-electron chi connectivity index (χ4n) is 3.39. The van der Waals surface area contributed by atoms with Gasteiger partial charge >= 0.3 is 0 Å². The lowest BCUT2D eigenvalue weighted by molar-refractivity contribution is 0.0827. The topological polar surface area (TPSA) is 26.7 Å². The highest BCUT2D eigenvalue weighted by Gasteiger charge is 2.26. The molecule has 0 aromatic rings. The second-order valence-corrected chi connectivity index (χ2v) is 6.18. The molecule has 0 aromatic heterocycles. The van der Waals surface area contributed by atoms with Crippen molar-refractivity contribution < 1.29 is 5.11 Å². The van der Waals surface area contributed by atoms with Crippen molar-refractivity contribution >= 4 is 0 Å². The summed E-state index contributed by atoms with van der Waals surface area (Å²) in [5.41, 5.74) is 0. The van der Waals surface area contributed by atoms with Crippen LogP contribution in [0.1, 0.15) is 46.0 Å². The highest BCUT2D eigenvalue weighted by molar-refractivity contribution is 4.80. The van der Waals surface area contributed by atoms with Gasteiger partial charge in [-0.1, -0.05) is 13.3 Å². The zero-order valence-electron chi connectivity index (χ0n) is 12.1. The van der Waals surface area contributed by atoms with E-state index in [9.17, 15) is 5.11 Å². The molecule has 2 aliphatic rings. The Bertz CT molecular complexity index is 239. The van der Waals surface area contributed by atoms with Gasteiger partial charge in [0.15, 0.2) is 0 Å². The monoisotopic (exact) mass is 254 g/mol. The summed E-state index contributed by atoms with van der Waals surface area (Å²) in [5.74, 6) is 0.581. The van der Waals surface area contributed by atoms with Crippen LogP contribution in [-0.4, -0.2) is 59.8 Å². The molecule has 2 rings (SSSR count). The van der Waals surface area contributed by atoms with Gasteiger partial charge in [-0.05, 0) is 45.1 Å². The summed E-state index contributed by atoms with van der Waals surface area (Å²) in [5, 5.41) is 9.84. The molecule has 2 fully saturated rings. The number of rotatable bonds is 5. The maximum absolute atomic E-state index is 9.84. The minimum Gasteiger partial charge on any atom is -0.393 e. The van der Waals surface area contributed by atoms with Crippen LogP contribution in [0.2, 0.25) is 0 Å². The molecule has 3 nitrogen and oxygen atoms in total. The van der Waals surface area contributed by atoms with Crippen molar-refractivity contribution in [2.45, 2.75) is 58.1 Å². The SMILES string of the molecule is CCC(C)N1CCN(CCC2CCCC2O)CC1. The lowest BCUT2D eigenvalue weighted by atomic mass is 10.0. The number of hydrogen-bond acceptors (Lipinski definition) is 3. The Kier molecular flexibility index (Phi) is 5.46. The van der Waals surface area contributed by atoms with Crippen molar-refractivity contribution in [3.8, 4) is 0 Å². The summed E-state index contributed by atoms with van der Waals surface area (Å²) in [7, 11) is 0. The minimum atomic E-state index is -0.00796. The Morgan fingerprint density at radius 3 is 2.44 bits per heavy atom. The first-order valence-corrected chi connectivity index (χ1v) is 7.85. The Hall–Kier alpha value is -0.120. The Morgan fingerprint density at radius 2 is 1.89 bits per heavy atom. The van der Waals surface area contributed by atoms with E-state index in [1.165, 1.54) is 58.4 Å². The fraction of sp³-hybridized carbons (Fsp3) is 1.00. The van der Waals surface area contributed by atoms with Gasteiger partial charge in [-0.15, -0.1) is 0 Å². The highest BCUT2D eigenvalue weighted by Crippen LogP contribution is 2.28. The molecule has 0 amide bonds. The third-order valence-electron chi connectivity index (χ3n) is 5.06. The van der Waals surface area contributed by atoms with Crippen LogP contribution in [-0.2, 0) is 0 Å². The van der Waals surface area contributed by atoms with E-state index < -0.39 is 0 Å². The molecule has 1 N–H and O–H groups in total. The van der Waals surface area contributed by atoms with Crippen molar-refractivity contribution in [3.05, 3.63) is 0 Å².